The van der Waals surface area contributed by atoms with E-state index in [1.807, 2.05) is 0 Å². The first-order chi connectivity index (χ1) is 17.7. The Morgan fingerprint density at radius 3 is 1.95 bits per heavy atom. The third kappa shape index (κ3) is 10.8. The van der Waals surface area contributed by atoms with E-state index in [-0.39, 0.29) is 25.0 Å². The molecule has 5 atom stereocenters. The summed E-state index contributed by atoms with van der Waals surface area (Å²) in [5.41, 5.74) is 16.6. The molecule has 0 saturated heterocycles. The van der Waals surface area contributed by atoms with Crippen molar-refractivity contribution in [2.45, 2.75) is 70.1 Å². The van der Waals surface area contributed by atoms with E-state index in [2.05, 4.69) is 16.0 Å². The van der Waals surface area contributed by atoms with Crippen molar-refractivity contribution < 1.29 is 39.0 Å². The van der Waals surface area contributed by atoms with Gasteiger partial charge in [0.05, 0.1) is 12.5 Å². The second kappa shape index (κ2) is 15.1. The topological polar surface area (TPSA) is 257 Å². The van der Waals surface area contributed by atoms with Gasteiger partial charge < -0.3 is 43.4 Å². The molecular formula is C24H36N6O8. The minimum atomic E-state index is -1.60. The van der Waals surface area contributed by atoms with Crippen LogP contribution < -0.4 is 33.2 Å². The maximum absolute atomic E-state index is 13.3. The normalized spacial score (nSPS) is 14.7. The molecule has 0 aromatic heterocycles. The Bertz CT molecular complexity index is 1020. The lowest BCUT2D eigenvalue weighted by Gasteiger charge is -2.28. The number of carboxylic acid groups (broad SMARTS) is 1. The lowest BCUT2D eigenvalue weighted by Crippen LogP contribution is -2.59. The molecule has 11 N–H and O–H groups in total. The molecule has 0 spiro atoms. The van der Waals surface area contributed by atoms with Gasteiger partial charge in [0.1, 0.15) is 23.9 Å². The fraction of sp³-hybridized carbons (Fsp3) is 0.500. The van der Waals surface area contributed by atoms with Crippen LogP contribution in [0.25, 0.3) is 0 Å². The van der Waals surface area contributed by atoms with E-state index >= 15 is 0 Å². The van der Waals surface area contributed by atoms with Crippen LogP contribution in [0, 0.1) is 5.92 Å². The molecule has 0 aliphatic carbocycles. The summed E-state index contributed by atoms with van der Waals surface area (Å²) >= 11 is 0. The number of carbonyl (C=O) groups is 6. The molecule has 0 aliphatic rings. The van der Waals surface area contributed by atoms with Crippen molar-refractivity contribution in [3.05, 3.63) is 29.8 Å². The van der Waals surface area contributed by atoms with Crippen LogP contribution in [-0.4, -0.2) is 69.9 Å². The van der Waals surface area contributed by atoms with Gasteiger partial charge >= 0.3 is 5.97 Å². The van der Waals surface area contributed by atoms with Gasteiger partial charge in [-0.3, -0.25) is 24.0 Å². The summed E-state index contributed by atoms with van der Waals surface area (Å²) in [7, 11) is 0. The number of carbonyl (C=O) groups excluding carboxylic acids is 5. The quantitative estimate of drug-likeness (QED) is 0.116. The molecule has 0 heterocycles. The molecule has 1 aromatic carbocycles. The lowest BCUT2D eigenvalue weighted by molar-refractivity contribution is -0.144. The molecule has 14 nitrogen and oxygen atoms in total. The number of aromatic hydroxyl groups is 1. The van der Waals surface area contributed by atoms with Crippen molar-refractivity contribution in [2.24, 2.45) is 23.1 Å². The van der Waals surface area contributed by atoms with Gasteiger partial charge in [-0.1, -0.05) is 32.4 Å². The molecule has 14 heteroatoms. The molecule has 1 rings (SSSR count). The maximum Gasteiger partial charge on any atom is 0.326 e. The van der Waals surface area contributed by atoms with Crippen LogP contribution >= 0.6 is 0 Å². The number of phenolic OH excluding ortho intramolecular Hbond substituents is 1. The first-order valence-electron chi connectivity index (χ1n) is 12.0. The van der Waals surface area contributed by atoms with E-state index in [0.29, 0.717) is 12.0 Å². The van der Waals surface area contributed by atoms with Crippen LogP contribution in [0.15, 0.2) is 24.3 Å². The maximum atomic E-state index is 13.3. The van der Waals surface area contributed by atoms with Gasteiger partial charge in [0.15, 0.2) is 0 Å². The third-order valence-corrected chi connectivity index (χ3v) is 5.86. The molecule has 5 amide bonds. The van der Waals surface area contributed by atoms with E-state index in [4.69, 9.17) is 17.2 Å². The first-order valence-corrected chi connectivity index (χ1v) is 12.0. The van der Waals surface area contributed by atoms with Crippen LogP contribution in [0.4, 0.5) is 0 Å². The Kier molecular flexibility index (Phi) is 12.7. The summed E-state index contributed by atoms with van der Waals surface area (Å²) in [6.45, 7) is 3.41. The summed E-state index contributed by atoms with van der Waals surface area (Å²) in [6, 6.07) is 0.673. The zero-order valence-corrected chi connectivity index (χ0v) is 21.3. The Balaban J connectivity index is 3.16. The molecule has 1 aromatic rings. The Morgan fingerprint density at radius 2 is 1.45 bits per heavy atom. The average molecular weight is 537 g/mol. The number of primary amides is 2. The van der Waals surface area contributed by atoms with Crippen LogP contribution in [0.1, 0.15) is 45.1 Å². The number of nitrogens with two attached hydrogens (primary N) is 3. The summed E-state index contributed by atoms with van der Waals surface area (Å²) in [5, 5.41) is 26.1. The largest absolute Gasteiger partial charge is 0.508 e. The fourth-order valence-electron chi connectivity index (χ4n) is 3.40. The first kappa shape index (κ1) is 31.8. The highest BCUT2D eigenvalue weighted by molar-refractivity contribution is 5.95. The molecule has 210 valence electrons. The van der Waals surface area contributed by atoms with Crippen LogP contribution in [0.3, 0.4) is 0 Å². The number of hydrogen-bond acceptors (Lipinski definition) is 8. The zero-order chi connectivity index (χ0) is 29.0. The van der Waals surface area contributed by atoms with Crippen molar-refractivity contribution in [3.8, 4) is 5.75 Å². The van der Waals surface area contributed by atoms with E-state index in [0.717, 1.165) is 0 Å². The zero-order valence-electron chi connectivity index (χ0n) is 21.3. The van der Waals surface area contributed by atoms with Crippen molar-refractivity contribution in [2.75, 3.05) is 0 Å². The number of rotatable bonds is 16. The molecule has 0 aliphatic heterocycles. The van der Waals surface area contributed by atoms with Gasteiger partial charge in [0.2, 0.25) is 29.5 Å². The van der Waals surface area contributed by atoms with Gasteiger partial charge in [-0.05, 0) is 30.0 Å². The predicted octanol–water partition coefficient (Wildman–Crippen LogP) is -2.01. The van der Waals surface area contributed by atoms with E-state index < -0.39 is 72.0 Å². The monoisotopic (exact) mass is 536 g/mol. The second-order valence-corrected chi connectivity index (χ2v) is 8.98. The summed E-state index contributed by atoms with van der Waals surface area (Å²) in [6.07, 6.45) is -0.475. The smallest absolute Gasteiger partial charge is 0.326 e. The molecule has 0 bridgehead atoms. The van der Waals surface area contributed by atoms with Crippen molar-refractivity contribution >= 4 is 35.5 Å². The summed E-state index contributed by atoms with van der Waals surface area (Å²) in [4.78, 5) is 72.6. The van der Waals surface area contributed by atoms with Crippen molar-refractivity contribution in [3.63, 3.8) is 0 Å². The molecule has 5 unspecified atom stereocenters. The Morgan fingerprint density at radius 1 is 0.868 bits per heavy atom. The highest BCUT2D eigenvalue weighted by Gasteiger charge is 2.33. The van der Waals surface area contributed by atoms with E-state index in [1.165, 1.54) is 24.3 Å². The number of amides is 5. The molecule has 38 heavy (non-hydrogen) atoms. The number of nitrogens with one attached hydrogen (secondary N) is 3. The standard InChI is InChI=1S/C24H36N6O8/c1-3-12(2)20(23(36)29-17(24(37)38)11-19(27)33)30-22(35)16(10-13-4-6-14(31)7-5-13)28-21(34)15(25)8-9-18(26)32/h4-7,12,15-17,20,31H,3,8-11,25H2,1-2H3,(H2,26,32)(H2,27,33)(H,28,34)(H,29,36)(H,30,35)(H,37,38). The minimum Gasteiger partial charge on any atom is -0.508 e. The molecule has 0 radical (unpaired) electrons. The molecule has 0 saturated carbocycles. The predicted molar refractivity (Wildman–Crippen MR) is 135 cm³/mol. The third-order valence-electron chi connectivity index (χ3n) is 5.86. The van der Waals surface area contributed by atoms with Gasteiger partial charge in [0, 0.05) is 12.8 Å². The minimum absolute atomic E-state index is 0.00953. The van der Waals surface area contributed by atoms with Crippen LogP contribution in [0.5, 0.6) is 5.75 Å². The Hall–Kier alpha value is -4.20. The Labute approximate surface area is 219 Å². The number of aliphatic carboxylic acids is 1. The molecular weight excluding hydrogens is 500 g/mol. The summed E-state index contributed by atoms with van der Waals surface area (Å²) in [5.74, 6) is -5.90. The van der Waals surface area contributed by atoms with Crippen LogP contribution in [0.2, 0.25) is 0 Å². The van der Waals surface area contributed by atoms with Gasteiger partial charge in [-0.2, -0.15) is 0 Å². The fourth-order valence-corrected chi connectivity index (χ4v) is 3.40. The number of benzene rings is 1. The highest BCUT2D eigenvalue weighted by Crippen LogP contribution is 2.13. The average Bonchev–Trinajstić information content (AvgIpc) is 2.84. The number of hydrogen-bond donors (Lipinski definition) is 8. The van der Waals surface area contributed by atoms with Crippen molar-refractivity contribution in [1.82, 2.24) is 16.0 Å². The van der Waals surface area contributed by atoms with E-state index in [9.17, 15) is 39.0 Å². The van der Waals surface area contributed by atoms with Gasteiger partial charge in [-0.15, -0.1) is 0 Å². The molecule has 0 fully saturated rings. The van der Waals surface area contributed by atoms with Gasteiger partial charge in [-0.25, -0.2) is 4.79 Å². The lowest BCUT2D eigenvalue weighted by atomic mass is 9.96. The summed E-state index contributed by atoms with van der Waals surface area (Å²) < 4.78 is 0. The highest BCUT2D eigenvalue weighted by atomic mass is 16.4. The number of carboxylic acids is 1. The second-order valence-electron chi connectivity index (χ2n) is 8.98. The number of phenols is 1. The van der Waals surface area contributed by atoms with Crippen LogP contribution in [-0.2, 0) is 35.2 Å². The SMILES string of the molecule is CCC(C)C(NC(=O)C(Cc1ccc(O)cc1)NC(=O)C(N)CCC(N)=O)C(=O)NC(CC(N)=O)C(=O)O. The van der Waals surface area contributed by atoms with Gasteiger partial charge in [0.25, 0.3) is 0 Å². The van der Waals surface area contributed by atoms with E-state index in [1.54, 1.807) is 13.8 Å². The van der Waals surface area contributed by atoms with Crippen molar-refractivity contribution in [1.29, 1.82) is 0 Å².